The molecule has 3 aliphatic rings. The Morgan fingerprint density at radius 1 is 1.00 bits per heavy atom. The van der Waals surface area contributed by atoms with Crippen LogP contribution in [0.2, 0.25) is 0 Å². The van der Waals surface area contributed by atoms with E-state index in [0.717, 1.165) is 86.0 Å². The molecule has 0 saturated heterocycles. The van der Waals surface area contributed by atoms with Crippen LogP contribution in [-0.4, -0.2) is 15.2 Å². The number of fused-ring (bicyclic) bond motifs is 1. The van der Waals surface area contributed by atoms with Gasteiger partial charge in [-0.3, -0.25) is 4.98 Å². The molecule has 34 heavy (non-hydrogen) atoms. The Morgan fingerprint density at radius 3 is 2.18 bits per heavy atom. The lowest BCUT2D eigenvalue weighted by atomic mass is 9.59. The van der Waals surface area contributed by atoms with Crippen molar-refractivity contribution in [1.82, 2.24) is 4.98 Å². The van der Waals surface area contributed by atoms with Crippen molar-refractivity contribution < 1.29 is 23.4 Å². The van der Waals surface area contributed by atoms with Gasteiger partial charge in [-0.15, -0.1) is 0 Å². The molecule has 2 saturated carbocycles. The van der Waals surface area contributed by atoms with Gasteiger partial charge in [0, 0.05) is 22.7 Å². The smallest absolute Gasteiger partial charge is 0.388 e. The van der Waals surface area contributed by atoms with E-state index in [4.69, 9.17) is 4.98 Å². The third-order valence-electron chi connectivity index (χ3n) is 8.49. The van der Waals surface area contributed by atoms with E-state index >= 15 is 0 Å². The third-order valence-corrected chi connectivity index (χ3v) is 8.49. The van der Waals surface area contributed by atoms with Gasteiger partial charge in [-0.2, -0.15) is 13.2 Å². The first-order valence-corrected chi connectivity index (χ1v) is 12.7. The molecule has 1 aromatic heterocycles. The monoisotopic (exact) mass is 473 g/mol. The maximum Gasteiger partial charge on any atom is 0.416 e. The summed E-state index contributed by atoms with van der Waals surface area (Å²) in [7, 11) is 0. The number of hydrogen-bond donors (Lipinski definition) is 2. The Morgan fingerprint density at radius 2 is 1.65 bits per heavy atom. The lowest BCUT2D eigenvalue weighted by Crippen LogP contribution is -2.39. The van der Waals surface area contributed by atoms with E-state index in [1.165, 1.54) is 18.6 Å². The molecule has 1 spiro atoms. The van der Waals surface area contributed by atoms with Crippen molar-refractivity contribution in [3.8, 4) is 0 Å². The van der Waals surface area contributed by atoms with Crippen LogP contribution in [0.3, 0.4) is 0 Å². The fourth-order valence-corrected chi connectivity index (χ4v) is 6.65. The maximum atomic E-state index is 13.1. The highest BCUT2D eigenvalue weighted by atomic mass is 19.4. The van der Waals surface area contributed by atoms with Gasteiger partial charge in [0.2, 0.25) is 0 Å². The van der Waals surface area contributed by atoms with Gasteiger partial charge >= 0.3 is 6.18 Å². The molecule has 1 aromatic carbocycles. The van der Waals surface area contributed by atoms with Crippen LogP contribution in [0.1, 0.15) is 128 Å². The largest absolute Gasteiger partial charge is 0.416 e. The molecule has 6 heteroatoms. The molecule has 3 nitrogen and oxygen atoms in total. The number of rotatable bonds is 4. The second-order valence-electron chi connectivity index (χ2n) is 11.1. The van der Waals surface area contributed by atoms with Gasteiger partial charge in [-0.25, -0.2) is 0 Å². The van der Waals surface area contributed by atoms with E-state index in [-0.39, 0.29) is 17.3 Å². The molecular formula is C28H34F3NO2. The van der Waals surface area contributed by atoms with Crippen molar-refractivity contribution >= 4 is 0 Å². The lowest BCUT2D eigenvalue weighted by molar-refractivity contribution is -0.137. The molecule has 3 aliphatic carbocycles. The Kier molecular flexibility index (Phi) is 6.04. The number of halogens is 3. The highest BCUT2D eigenvalue weighted by molar-refractivity contribution is 5.50. The van der Waals surface area contributed by atoms with Crippen molar-refractivity contribution in [2.24, 2.45) is 5.41 Å². The van der Waals surface area contributed by atoms with Crippen LogP contribution >= 0.6 is 0 Å². The summed E-state index contributed by atoms with van der Waals surface area (Å²) >= 11 is 0. The van der Waals surface area contributed by atoms with Crippen LogP contribution < -0.4 is 0 Å². The van der Waals surface area contributed by atoms with Gasteiger partial charge in [0.15, 0.2) is 0 Å². The first kappa shape index (κ1) is 23.8. The van der Waals surface area contributed by atoms with Gasteiger partial charge in [-0.05, 0) is 73.1 Å². The minimum absolute atomic E-state index is 0.0427. The summed E-state index contributed by atoms with van der Waals surface area (Å²) in [4.78, 5) is 5.17. The van der Waals surface area contributed by atoms with Gasteiger partial charge in [-0.1, -0.05) is 45.2 Å². The average molecular weight is 474 g/mol. The number of aromatic nitrogens is 1. The Hall–Kier alpha value is -1.92. The topological polar surface area (TPSA) is 53.4 Å². The molecule has 5 rings (SSSR count). The first-order valence-electron chi connectivity index (χ1n) is 12.7. The molecule has 0 radical (unpaired) electrons. The lowest BCUT2D eigenvalue weighted by Gasteiger charge is -2.48. The Labute approximate surface area is 199 Å². The summed E-state index contributed by atoms with van der Waals surface area (Å²) in [5, 5.41) is 22.9. The number of aliphatic hydroxyl groups is 2. The fourth-order valence-electron chi connectivity index (χ4n) is 6.65. The highest BCUT2D eigenvalue weighted by Crippen LogP contribution is 2.55. The fraction of sp³-hybridized carbons (Fsp3) is 0.607. The Bertz CT molecular complexity index is 1050. The van der Waals surface area contributed by atoms with Gasteiger partial charge in [0.1, 0.15) is 6.10 Å². The second kappa shape index (κ2) is 8.63. The summed E-state index contributed by atoms with van der Waals surface area (Å²) < 4.78 is 39.3. The SMILES string of the molecule is CC(C)c1c([C@H](O)c2ccc(C(F)(F)F)cc2)c(C2CCCC2)nc2c1[C@@H](O)CC1(CCC1)C2. The number of alkyl halides is 3. The molecule has 0 aliphatic heterocycles. The third kappa shape index (κ3) is 4.07. The molecule has 2 fully saturated rings. The van der Waals surface area contributed by atoms with E-state index in [9.17, 15) is 23.4 Å². The number of benzene rings is 1. The zero-order valence-electron chi connectivity index (χ0n) is 20.0. The molecule has 184 valence electrons. The molecule has 0 bridgehead atoms. The summed E-state index contributed by atoms with van der Waals surface area (Å²) in [5.74, 6) is 0.277. The van der Waals surface area contributed by atoms with Crippen molar-refractivity contribution in [2.75, 3.05) is 0 Å². The highest BCUT2D eigenvalue weighted by Gasteiger charge is 2.46. The number of pyridine rings is 1. The van der Waals surface area contributed by atoms with E-state index in [1.807, 2.05) is 0 Å². The summed E-state index contributed by atoms with van der Waals surface area (Å²) in [6, 6.07) is 4.80. The zero-order chi connectivity index (χ0) is 24.3. The molecule has 0 amide bonds. The maximum absolute atomic E-state index is 13.1. The van der Waals surface area contributed by atoms with Gasteiger partial charge in [0.25, 0.3) is 0 Å². The van der Waals surface area contributed by atoms with Crippen LogP contribution in [-0.2, 0) is 12.6 Å². The predicted octanol–water partition coefficient (Wildman–Crippen LogP) is 7.11. The van der Waals surface area contributed by atoms with E-state index < -0.39 is 23.9 Å². The number of nitrogens with zero attached hydrogens (tertiary/aromatic N) is 1. The number of aliphatic hydroxyl groups excluding tert-OH is 2. The summed E-state index contributed by atoms with van der Waals surface area (Å²) in [5.41, 5.74) is 4.24. The van der Waals surface area contributed by atoms with Crippen molar-refractivity contribution in [1.29, 1.82) is 0 Å². The normalized spacial score (nSPS) is 23.2. The van der Waals surface area contributed by atoms with Crippen LogP contribution in [0.25, 0.3) is 0 Å². The Balaban J connectivity index is 1.66. The number of hydrogen-bond acceptors (Lipinski definition) is 3. The average Bonchev–Trinajstić information content (AvgIpc) is 3.30. The minimum Gasteiger partial charge on any atom is -0.388 e. The van der Waals surface area contributed by atoms with Crippen molar-refractivity contribution in [2.45, 2.75) is 102 Å². The zero-order valence-corrected chi connectivity index (χ0v) is 20.0. The van der Waals surface area contributed by atoms with E-state index in [2.05, 4.69) is 13.8 Å². The van der Waals surface area contributed by atoms with Crippen molar-refractivity contribution in [3.05, 3.63) is 63.5 Å². The summed E-state index contributed by atoms with van der Waals surface area (Å²) in [6.45, 7) is 4.13. The van der Waals surface area contributed by atoms with Gasteiger partial charge < -0.3 is 10.2 Å². The van der Waals surface area contributed by atoms with E-state index in [1.54, 1.807) is 0 Å². The van der Waals surface area contributed by atoms with Crippen LogP contribution in [0, 0.1) is 5.41 Å². The quantitative estimate of drug-likeness (QED) is 0.497. The first-order chi connectivity index (χ1) is 16.1. The van der Waals surface area contributed by atoms with Gasteiger partial charge in [0.05, 0.1) is 17.4 Å². The van der Waals surface area contributed by atoms with Crippen LogP contribution in [0.5, 0.6) is 0 Å². The molecule has 2 atom stereocenters. The molecule has 1 heterocycles. The molecule has 0 unspecified atom stereocenters. The molecule has 2 N–H and O–H groups in total. The standard InChI is InChI=1S/C28H34F3NO2/c1-16(2)22-23-20(14-27(12-5-13-27)15-21(23)33)32-25(17-6-3-4-7-17)24(22)26(34)18-8-10-19(11-9-18)28(29,30)31/h8-11,16-17,21,26,33-34H,3-7,12-15H2,1-2H3/t21-,26+/m0/s1. The van der Waals surface area contributed by atoms with Crippen LogP contribution in [0.15, 0.2) is 24.3 Å². The molecular weight excluding hydrogens is 439 g/mol. The predicted molar refractivity (Wildman–Crippen MR) is 125 cm³/mol. The molecule has 2 aromatic rings. The van der Waals surface area contributed by atoms with Crippen molar-refractivity contribution in [3.63, 3.8) is 0 Å². The summed E-state index contributed by atoms with van der Waals surface area (Å²) in [6.07, 6.45) is 3.14. The minimum atomic E-state index is -4.42. The van der Waals surface area contributed by atoms with E-state index in [0.29, 0.717) is 11.1 Å². The van der Waals surface area contributed by atoms with Crippen LogP contribution in [0.4, 0.5) is 13.2 Å². The second-order valence-corrected chi connectivity index (χ2v) is 11.1.